The average molecular weight is 361 g/mol. The minimum atomic E-state index is 0.600. The van der Waals surface area contributed by atoms with E-state index in [4.69, 9.17) is 14.2 Å². The third kappa shape index (κ3) is 8.36. The lowest BCUT2D eigenvalue weighted by Crippen LogP contribution is -2.15. The molecule has 0 bridgehead atoms. The second kappa shape index (κ2) is 11.9. The zero-order valence-corrected chi connectivity index (χ0v) is 14.4. The fraction of sp³-hybridized carbons (Fsp3) is 0.667. The molecule has 0 saturated carbocycles. The molecule has 0 aliphatic carbocycles. The molecule has 5 nitrogen and oxygen atoms in total. The Hall–Kier alpha value is -0.690. The molecule has 0 atom stereocenters. The number of pyridine rings is 1. The lowest BCUT2D eigenvalue weighted by atomic mass is 10.2. The van der Waals surface area contributed by atoms with Crippen molar-refractivity contribution >= 4 is 15.9 Å². The first kappa shape index (κ1) is 18.4. The summed E-state index contributed by atoms with van der Waals surface area (Å²) < 4.78 is 17.0. The van der Waals surface area contributed by atoms with Gasteiger partial charge in [-0.3, -0.25) is 0 Å². The Morgan fingerprint density at radius 2 is 2.10 bits per heavy atom. The molecule has 0 amide bonds. The van der Waals surface area contributed by atoms with Crippen LogP contribution in [0.1, 0.15) is 25.3 Å². The van der Waals surface area contributed by atoms with E-state index in [2.05, 4.69) is 33.2 Å². The molecule has 1 heterocycles. The first-order valence-corrected chi connectivity index (χ1v) is 8.11. The van der Waals surface area contributed by atoms with E-state index in [-0.39, 0.29) is 0 Å². The molecule has 1 rings (SSSR count). The Labute approximate surface area is 135 Å². The lowest BCUT2D eigenvalue weighted by Gasteiger charge is -2.11. The van der Waals surface area contributed by atoms with Gasteiger partial charge in [0.15, 0.2) is 0 Å². The highest BCUT2D eigenvalue weighted by molar-refractivity contribution is 9.10. The zero-order chi connectivity index (χ0) is 15.3. The Balaban J connectivity index is 2.32. The molecule has 120 valence electrons. The Bertz CT molecular complexity index is 391. The summed E-state index contributed by atoms with van der Waals surface area (Å²) in [4.78, 5) is 4.33. The molecule has 0 unspecified atom stereocenters. The van der Waals surface area contributed by atoms with Crippen LogP contribution in [0.5, 0.6) is 5.88 Å². The van der Waals surface area contributed by atoms with E-state index in [1.54, 1.807) is 13.3 Å². The maximum Gasteiger partial charge on any atom is 0.217 e. The van der Waals surface area contributed by atoms with Crippen LogP contribution in [0.25, 0.3) is 0 Å². The molecule has 0 spiro atoms. The molecule has 0 aliphatic rings. The van der Waals surface area contributed by atoms with Crippen LogP contribution in [0.2, 0.25) is 0 Å². The van der Waals surface area contributed by atoms with Crippen molar-refractivity contribution in [1.29, 1.82) is 0 Å². The first-order chi connectivity index (χ1) is 10.3. The zero-order valence-electron chi connectivity index (χ0n) is 12.9. The summed E-state index contributed by atoms with van der Waals surface area (Å²) in [5.41, 5.74) is 1.07. The van der Waals surface area contributed by atoms with Crippen LogP contribution >= 0.6 is 15.9 Å². The normalized spacial score (nSPS) is 10.8. The molecule has 21 heavy (non-hydrogen) atoms. The Morgan fingerprint density at radius 1 is 1.24 bits per heavy atom. The van der Waals surface area contributed by atoms with E-state index in [0.717, 1.165) is 36.0 Å². The monoisotopic (exact) mass is 360 g/mol. The molecule has 0 aliphatic heterocycles. The number of nitrogens with one attached hydrogen (secondary N) is 1. The van der Waals surface area contributed by atoms with Gasteiger partial charge in [-0.1, -0.05) is 6.92 Å². The summed E-state index contributed by atoms with van der Waals surface area (Å²) in [7, 11) is 1.67. The topological polar surface area (TPSA) is 52.6 Å². The average Bonchev–Trinajstić information content (AvgIpc) is 2.48. The third-order valence-corrected chi connectivity index (χ3v) is 3.17. The van der Waals surface area contributed by atoms with Crippen LogP contribution in [-0.2, 0) is 16.0 Å². The molecule has 0 fully saturated rings. The minimum Gasteiger partial charge on any atom is -0.477 e. The van der Waals surface area contributed by atoms with Crippen molar-refractivity contribution in [3.05, 3.63) is 22.3 Å². The standard InChI is InChI=1S/C15H25BrN2O3/c1-3-5-17-11-13-10-14(16)12-18-15(13)21-7-4-6-20-9-8-19-2/h10,12,17H,3-9,11H2,1-2H3. The Morgan fingerprint density at radius 3 is 2.86 bits per heavy atom. The van der Waals surface area contributed by atoms with Crippen molar-refractivity contribution in [1.82, 2.24) is 10.3 Å². The number of nitrogens with zero attached hydrogens (tertiary/aromatic N) is 1. The summed E-state index contributed by atoms with van der Waals surface area (Å²) in [6, 6.07) is 2.04. The first-order valence-electron chi connectivity index (χ1n) is 7.32. The Kier molecular flexibility index (Phi) is 10.4. The van der Waals surface area contributed by atoms with E-state index in [1.807, 2.05) is 6.07 Å². The summed E-state index contributed by atoms with van der Waals surface area (Å²) in [5.74, 6) is 0.693. The van der Waals surface area contributed by atoms with Gasteiger partial charge in [-0.05, 0) is 35.0 Å². The van der Waals surface area contributed by atoms with E-state index >= 15 is 0 Å². The van der Waals surface area contributed by atoms with Crippen LogP contribution in [0.15, 0.2) is 16.7 Å². The summed E-state index contributed by atoms with van der Waals surface area (Å²) in [6.45, 7) is 6.42. The molecule has 0 aromatic carbocycles. The number of aromatic nitrogens is 1. The molecule has 1 aromatic rings. The minimum absolute atomic E-state index is 0.600. The van der Waals surface area contributed by atoms with Gasteiger partial charge < -0.3 is 19.5 Å². The summed E-state index contributed by atoms with van der Waals surface area (Å²) in [6.07, 6.45) is 3.70. The predicted molar refractivity (Wildman–Crippen MR) is 86.7 cm³/mol. The number of hydrogen-bond acceptors (Lipinski definition) is 5. The highest BCUT2D eigenvalue weighted by Gasteiger charge is 2.06. The molecule has 1 N–H and O–H groups in total. The summed E-state index contributed by atoms with van der Waals surface area (Å²) >= 11 is 3.44. The molecule has 0 saturated heterocycles. The SMILES string of the molecule is CCCNCc1cc(Br)cnc1OCCCOCCOC. The predicted octanol–water partition coefficient (Wildman–Crippen LogP) is 2.78. The molecule has 6 heteroatoms. The molecule has 1 aromatic heterocycles. The highest BCUT2D eigenvalue weighted by Crippen LogP contribution is 2.20. The fourth-order valence-electron chi connectivity index (χ4n) is 1.70. The smallest absolute Gasteiger partial charge is 0.217 e. The van der Waals surface area contributed by atoms with Gasteiger partial charge in [0.25, 0.3) is 0 Å². The van der Waals surface area contributed by atoms with Crippen molar-refractivity contribution in [2.24, 2.45) is 0 Å². The van der Waals surface area contributed by atoms with Gasteiger partial charge in [0, 0.05) is 42.9 Å². The van der Waals surface area contributed by atoms with E-state index in [0.29, 0.717) is 32.3 Å². The highest BCUT2D eigenvalue weighted by atomic mass is 79.9. The maximum absolute atomic E-state index is 5.75. The van der Waals surface area contributed by atoms with Gasteiger partial charge in [0.1, 0.15) is 0 Å². The van der Waals surface area contributed by atoms with Crippen LogP contribution < -0.4 is 10.1 Å². The van der Waals surface area contributed by atoms with Gasteiger partial charge in [-0.25, -0.2) is 4.98 Å². The van der Waals surface area contributed by atoms with Crippen LogP contribution in [-0.4, -0.2) is 45.1 Å². The fourth-order valence-corrected chi connectivity index (χ4v) is 2.08. The maximum atomic E-state index is 5.75. The molecule has 0 radical (unpaired) electrons. The van der Waals surface area contributed by atoms with Gasteiger partial charge in [0.2, 0.25) is 5.88 Å². The number of rotatable bonds is 12. The van der Waals surface area contributed by atoms with Crippen LogP contribution in [0.4, 0.5) is 0 Å². The number of halogens is 1. The van der Waals surface area contributed by atoms with Crippen LogP contribution in [0.3, 0.4) is 0 Å². The number of hydrogen-bond donors (Lipinski definition) is 1. The lowest BCUT2D eigenvalue weighted by molar-refractivity contribution is 0.0641. The number of ether oxygens (including phenoxy) is 3. The van der Waals surface area contributed by atoms with Crippen molar-refractivity contribution in [2.45, 2.75) is 26.3 Å². The van der Waals surface area contributed by atoms with Crippen molar-refractivity contribution in [2.75, 3.05) is 40.1 Å². The van der Waals surface area contributed by atoms with E-state index in [9.17, 15) is 0 Å². The van der Waals surface area contributed by atoms with E-state index < -0.39 is 0 Å². The number of methoxy groups -OCH3 is 1. The summed E-state index contributed by atoms with van der Waals surface area (Å²) in [5, 5.41) is 3.36. The van der Waals surface area contributed by atoms with Gasteiger partial charge in [-0.2, -0.15) is 0 Å². The van der Waals surface area contributed by atoms with Gasteiger partial charge >= 0.3 is 0 Å². The van der Waals surface area contributed by atoms with E-state index in [1.165, 1.54) is 0 Å². The molecular formula is C15H25BrN2O3. The van der Waals surface area contributed by atoms with Gasteiger partial charge in [-0.15, -0.1) is 0 Å². The van der Waals surface area contributed by atoms with Gasteiger partial charge in [0.05, 0.1) is 19.8 Å². The largest absolute Gasteiger partial charge is 0.477 e. The van der Waals surface area contributed by atoms with Crippen LogP contribution in [0, 0.1) is 0 Å². The second-order valence-electron chi connectivity index (χ2n) is 4.60. The third-order valence-electron chi connectivity index (χ3n) is 2.74. The molecular weight excluding hydrogens is 336 g/mol. The van der Waals surface area contributed by atoms with Crippen molar-refractivity contribution in [3.63, 3.8) is 0 Å². The second-order valence-corrected chi connectivity index (χ2v) is 5.52. The van der Waals surface area contributed by atoms with Crippen molar-refractivity contribution in [3.8, 4) is 5.88 Å². The quantitative estimate of drug-likeness (QED) is 0.580. The van der Waals surface area contributed by atoms with Crippen molar-refractivity contribution < 1.29 is 14.2 Å².